The van der Waals surface area contributed by atoms with E-state index in [9.17, 15) is 9.59 Å². The van der Waals surface area contributed by atoms with Crippen LogP contribution in [-0.4, -0.2) is 17.7 Å². The van der Waals surface area contributed by atoms with E-state index in [1.165, 1.54) is 4.90 Å². The number of carbonyl (C=O) groups is 1. The average molecular weight is 416 g/mol. The summed E-state index contributed by atoms with van der Waals surface area (Å²) in [4.78, 5) is 28.3. The number of ether oxygens (including phenoxy) is 1. The Balaban J connectivity index is 1.75. The van der Waals surface area contributed by atoms with Crippen LogP contribution in [0.2, 0.25) is 0 Å². The molecular formula is C24H20N2O5. The van der Waals surface area contributed by atoms with Crippen LogP contribution in [0.15, 0.2) is 68.3 Å². The van der Waals surface area contributed by atoms with Gasteiger partial charge in [-0.25, -0.2) is 0 Å². The van der Waals surface area contributed by atoms with Gasteiger partial charge in [-0.3, -0.25) is 14.5 Å². The lowest BCUT2D eigenvalue weighted by atomic mass is 9.98. The molecule has 7 nitrogen and oxygen atoms in total. The number of aryl methyl sites for hydroxylation is 1. The molecule has 1 aliphatic rings. The third-order valence-corrected chi connectivity index (χ3v) is 5.29. The highest BCUT2D eigenvalue weighted by atomic mass is 16.5. The van der Waals surface area contributed by atoms with Crippen LogP contribution in [0.5, 0.6) is 5.75 Å². The fourth-order valence-corrected chi connectivity index (χ4v) is 3.93. The maximum absolute atomic E-state index is 13.5. The smallest absolute Gasteiger partial charge is 0.296 e. The minimum atomic E-state index is -0.710. The van der Waals surface area contributed by atoms with Gasteiger partial charge in [0.15, 0.2) is 11.2 Å². The molecule has 1 atom stereocenters. The van der Waals surface area contributed by atoms with Crippen LogP contribution in [0.3, 0.4) is 0 Å². The molecule has 156 valence electrons. The Hall–Kier alpha value is -3.87. The van der Waals surface area contributed by atoms with Crippen LogP contribution in [0.4, 0.5) is 5.82 Å². The standard InChI is InChI=1S/C24H20N2O5/c1-3-11-29-16-8-6-7-15(13-16)21-20-22(27)17-9-4-5-10-18(17)30-23(20)24(28)26(21)19-12-14(2)31-25-19/h4-10,12-13,21H,3,11H2,1-2H3. The second kappa shape index (κ2) is 7.43. The van der Waals surface area contributed by atoms with Gasteiger partial charge in [0.25, 0.3) is 5.91 Å². The minimum Gasteiger partial charge on any atom is -0.494 e. The summed E-state index contributed by atoms with van der Waals surface area (Å²) in [7, 11) is 0. The highest BCUT2D eigenvalue weighted by Crippen LogP contribution is 2.41. The minimum absolute atomic E-state index is 0.0224. The average Bonchev–Trinajstić information content (AvgIpc) is 3.33. The van der Waals surface area contributed by atoms with Crippen molar-refractivity contribution < 1.29 is 18.5 Å². The first-order valence-corrected chi connectivity index (χ1v) is 10.1. The van der Waals surface area contributed by atoms with E-state index < -0.39 is 11.9 Å². The fraction of sp³-hybridized carbons (Fsp3) is 0.208. The van der Waals surface area contributed by atoms with Gasteiger partial charge in [0, 0.05) is 6.07 Å². The normalized spacial score (nSPS) is 15.5. The number of amides is 1. The Morgan fingerprint density at radius 3 is 2.71 bits per heavy atom. The third-order valence-electron chi connectivity index (χ3n) is 5.29. The molecule has 2 aromatic carbocycles. The zero-order valence-electron chi connectivity index (χ0n) is 17.1. The molecule has 0 aliphatic carbocycles. The lowest BCUT2D eigenvalue weighted by Crippen LogP contribution is -2.29. The highest BCUT2D eigenvalue weighted by molar-refractivity contribution is 6.10. The Morgan fingerprint density at radius 1 is 1.10 bits per heavy atom. The van der Waals surface area contributed by atoms with Crippen molar-refractivity contribution in [3.05, 3.63) is 87.5 Å². The molecule has 7 heteroatoms. The summed E-state index contributed by atoms with van der Waals surface area (Å²) in [5.41, 5.74) is 1.15. The van der Waals surface area contributed by atoms with Gasteiger partial charge in [0.05, 0.1) is 23.6 Å². The third kappa shape index (κ3) is 3.09. The Morgan fingerprint density at radius 2 is 1.94 bits per heavy atom. The molecule has 2 aromatic heterocycles. The van der Waals surface area contributed by atoms with Gasteiger partial charge in [-0.05, 0) is 43.2 Å². The number of anilines is 1. The van der Waals surface area contributed by atoms with Crippen molar-refractivity contribution in [3.8, 4) is 5.75 Å². The van der Waals surface area contributed by atoms with Crippen molar-refractivity contribution >= 4 is 22.7 Å². The molecule has 1 unspecified atom stereocenters. The molecule has 0 bridgehead atoms. The van der Waals surface area contributed by atoms with Gasteiger partial charge in [-0.1, -0.05) is 36.3 Å². The summed E-state index contributed by atoms with van der Waals surface area (Å²) >= 11 is 0. The van der Waals surface area contributed by atoms with Crippen LogP contribution < -0.4 is 15.1 Å². The lowest BCUT2D eigenvalue weighted by Gasteiger charge is -2.22. The molecule has 0 spiro atoms. The Bertz CT molecular complexity index is 1350. The van der Waals surface area contributed by atoms with Crippen LogP contribution in [-0.2, 0) is 0 Å². The van der Waals surface area contributed by atoms with E-state index in [0.717, 1.165) is 12.0 Å². The lowest BCUT2D eigenvalue weighted by molar-refractivity contribution is 0.0969. The molecule has 3 heterocycles. The predicted molar refractivity (Wildman–Crippen MR) is 115 cm³/mol. The van der Waals surface area contributed by atoms with E-state index in [1.54, 1.807) is 37.3 Å². The predicted octanol–water partition coefficient (Wildman–Crippen LogP) is 4.63. The molecule has 0 fully saturated rings. The summed E-state index contributed by atoms with van der Waals surface area (Å²) in [5.74, 6) is 1.14. The molecule has 0 radical (unpaired) electrons. The number of hydrogen-bond acceptors (Lipinski definition) is 6. The van der Waals surface area contributed by atoms with Crippen molar-refractivity contribution in [1.29, 1.82) is 0 Å². The van der Waals surface area contributed by atoms with Crippen LogP contribution >= 0.6 is 0 Å². The number of carbonyl (C=O) groups excluding carboxylic acids is 1. The van der Waals surface area contributed by atoms with E-state index in [4.69, 9.17) is 13.7 Å². The molecule has 0 saturated heterocycles. The van der Waals surface area contributed by atoms with E-state index in [-0.39, 0.29) is 16.8 Å². The quantitative estimate of drug-likeness (QED) is 0.472. The van der Waals surface area contributed by atoms with Gasteiger partial charge in [0.2, 0.25) is 5.76 Å². The molecule has 0 N–H and O–H groups in total. The fourth-order valence-electron chi connectivity index (χ4n) is 3.93. The topological polar surface area (TPSA) is 85.8 Å². The van der Waals surface area contributed by atoms with Crippen molar-refractivity contribution in [1.82, 2.24) is 5.16 Å². The second-order valence-corrected chi connectivity index (χ2v) is 7.46. The van der Waals surface area contributed by atoms with Gasteiger partial charge >= 0.3 is 0 Å². The van der Waals surface area contributed by atoms with E-state index in [2.05, 4.69) is 5.16 Å². The van der Waals surface area contributed by atoms with Crippen molar-refractivity contribution in [2.24, 2.45) is 0 Å². The zero-order valence-corrected chi connectivity index (χ0v) is 17.1. The summed E-state index contributed by atoms with van der Waals surface area (Å²) in [6.07, 6.45) is 0.870. The number of hydrogen-bond donors (Lipinski definition) is 0. The molecule has 5 rings (SSSR count). The first-order chi connectivity index (χ1) is 15.1. The molecule has 31 heavy (non-hydrogen) atoms. The number of aromatic nitrogens is 1. The largest absolute Gasteiger partial charge is 0.494 e. The Labute approximate surface area is 177 Å². The van der Waals surface area contributed by atoms with Crippen molar-refractivity contribution in [3.63, 3.8) is 0 Å². The Kier molecular flexibility index (Phi) is 4.58. The van der Waals surface area contributed by atoms with Gasteiger partial charge in [0.1, 0.15) is 17.1 Å². The maximum atomic E-state index is 13.5. The molecule has 1 aliphatic heterocycles. The summed E-state index contributed by atoms with van der Waals surface area (Å²) in [6.45, 7) is 4.35. The van der Waals surface area contributed by atoms with E-state index in [0.29, 0.717) is 34.9 Å². The molecular weight excluding hydrogens is 396 g/mol. The second-order valence-electron chi connectivity index (χ2n) is 7.46. The van der Waals surface area contributed by atoms with E-state index >= 15 is 0 Å². The SMILES string of the molecule is CCCOc1cccc(C2c3c(oc4ccccc4c3=O)C(=O)N2c2cc(C)on2)c1. The van der Waals surface area contributed by atoms with Crippen LogP contribution in [0.1, 0.15) is 46.8 Å². The maximum Gasteiger partial charge on any atom is 0.296 e. The first-order valence-electron chi connectivity index (χ1n) is 10.1. The number of fused-ring (bicyclic) bond motifs is 2. The van der Waals surface area contributed by atoms with Crippen molar-refractivity contribution in [2.45, 2.75) is 26.3 Å². The number of benzene rings is 2. The molecule has 1 amide bonds. The van der Waals surface area contributed by atoms with Crippen molar-refractivity contribution in [2.75, 3.05) is 11.5 Å². The summed E-state index contributed by atoms with van der Waals surface area (Å²) in [5, 5.41) is 4.46. The summed E-state index contributed by atoms with van der Waals surface area (Å²) < 4.78 is 16.9. The number of rotatable bonds is 5. The van der Waals surface area contributed by atoms with Crippen LogP contribution in [0, 0.1) is 6.92 Å². The highest BCUT2D eigenvalue weighted by Gasteiger charge is 2.45. The van der Waals surface area contributed by atoms with Gasteiger partial charge in [-0.15, -0.1) is 0 Å². The summed E-state index contributed by atoms with van der Waals surface area (Å²) in [6, 6.07) is 15.3. The van der Waals surface area contributed by atoms with E-state index in [1.807, 2.05) is 31.2 Å². The van der Waals surface area contributed by atoms with Gasteiger partial charge in [-0.2, -0.15) is 0 Å². The zero-order chi connectivity index (χ0) is 21.5. The molecule has 4 aromatic rings. The number of nitrogens with zero attached hydrogens (tertiary/aromatic N) is 2. The molecule has 0 saturated carbocycles. The number of para-hydroxylation sites is 1. The first kappa shape index (κ1) is 19.1. The van der Waals surface area contributed by atoms with Gasteiger partial charge < -0.3 is 13.7 Å². The monoisotopic (exact) mass is 416 g/mol. The van der Waals surface area contributed by atoms with Crippen LogP contribution in [0.25, 0.3) is 11.0 Å².